The Morgan fingerprint density at radius 3 is 2.67 bits per heavy atom. The van der Waals surface area contributed by atoms with E-state index in [9.17, 15) is 9.90 Å². The van der Waals surface area contributed by atoms with Crippen molar-refractivity contribution in [3.8, 4) is 0 Å². The number of hydrogen-bond donors (Lipinski definition) is 2. The van der Waals surface area contributed by atoms with Crippen molar-refractivity contribution in [2.45, 2.75) is 58.0 Å². The summed E-state index contributed by atoms with van der Waals surface area (Å²) in [6.07, 6.45) is 6.11. The average molecular weight is 214 g/mol. The Morgan fingerprint density at radius 1 is 1.33 bits per heavy atom. The zero-order valence-electron chi connectivity index (χ0n) is 9.48. The van der Waals surface area contributed by atoms with Gasteiger partial charge in [-0.15, -0.1) is 0 Å². The number of aliphatic carboxylic acids is 1. The number of carboxylic acid groups (broad SMARTS) is 1. The van der Waals surface area contributed by atoms with E-state index in [4.69, 9.17) is 5.11 Å². The van der Waals surface area contributed by atoms with Gasteiger partial charge in [0.2, 0.25) is 0 Å². The fraction of sp³-hybridized carbons (Fsp3) is 0.917. The number of hydrogen-bond acceptors (Lipinski definition) is 2. The number of aliphatic hydroxyl groups excluding tert-OH is 1. The maximum absolute atomic E-state index is 10.7. The molecule has 0 radical (unpaired) electrons. The van der Waals surface area contributed by atoms with Crippen molar-refractivity contribution in [3.05, 3.63) is 0 Å². The molecule has 1 saturated carbocycles. The summed E-state index contributed by atoms with van der Waals surface area (Å²) in [6, 6.07) is 0. The van der Waals surface area contributed by atoms with Gasteiger partial charge < -0.3 is 10.2 Å². The molecule has 3 nitrogen and oxygen atoms in total. The number of rotatable bonds is 6. The maximum Gasteiger partial charge on any atom is 0.303 e. The summed E-state index contributed by atoms with van der Waals surface area (Å²) in [7, 11) is 0. The summed E-state index contributed by atoms with van der Waals surface area (Å²) < 4.78 is 0. The summed E-state index contributed by atoms with van der Waals surface area (Å²) in [4.78, 5) is 10.7. The van der Waals surface area contributed by atoms with Crippen molar-refractivity contribution >= 4 is 5.97 Å². The Hall–Kier alpha value is -0.570. The molecular weight excluding hydrogens is 192 g/mol. The van der Waals surface area contributed by atoms with Crippen LogP contribution in [0.1, 0.15) is 51.9 Å². The fourth-order valence-electron chi connectivity index (χ4n) is 2.66. The van der Waals surface area contributed by atoms with Crippen LogP contribution < -0.4 is 0 Å². The zero-order valence-corrected chi connectivity index (χ0v) is 9.48. The Bertz CT molecular complexity index is 203. The van der Waals surface area contributed by atoms with Crippen LogP contribution in [0.25, 0.3) is 0 Å². The predicted octanol–water partition coefficient (Wildman–Crippen LogP) is 2.43. The van der Waals surface area contributed by atoms with E-state index in [0.717, 1.165) is 25.7 Å². The average Bonchev–Trinajstić information content (AvgIpc) is 2.49. The second-order valence-corrected chi connectivity index (χ2v) is 4.66. The number of aliphatic hydroxyl groups is 1. The molecule has 15 heavy (non-hydrogen) atoms. The van der Waals surface area contributed by atoms with Crippen LogP contribution in [0.5, 0.6) is 0 Å². The lowest BCUT2D eigenvalue weighted by molar-refractivity contribution is -0.138. The minimum absolute atomic E-state index is 0.203. The highest BCUT2D eigenvalue weighted by atomic mass is 16.4. The van der Waals surface area contributed by atoms with E-state index in [2.05, 4.69) is 6.92 Å². The Kier molecular flexibility index (Phi) is 5.09. The Labute approximate surface area is 91.5 Å². The first-order valence-electron chi connectivity index (χ1n) is 6.05. The second-order valence-electron chi connectivity index (χ2n) is 4.66. The van der Waals surface area contributed by atoms with Crippen molar-refractivity contribution in [2.75, 3.05) is 0 Å². The van der Waals surface area contributed by atoms with E-state index in [0.29, 0.717) is 0 Å². The number of carbonyl (C=O) groups is 1. The first kappa shape index (κ1) is 12.5. The van der Waals surface area contributed by atoms with Crippen molar-refractivity contribution in [2.24, 2.45) is 11.8 Å². The lowest BCUT2D eigenvalue weighted by Crippen LogP contribution is -2.21. The highest BCUT2D eigenvalue weighted by Gasteiger charge is 2.35. The highest BCUT2D eigenvalue weighted by molar-refractivity contribution is 5.67. The van der Waals surface area contributed by atoms with E-state index in [1.807, 2.05) is 0 Å². The third-order valence-corrected chi connectivity index (χ3v) is 3.51. The molecule has 0 aromatic rings. The first-order valence-corrected chi connectivity index (χ1v) is 6.05. The molecule has 1 aliphatic carbocycles. The molecule has 0 aliphatic heterocycles. The number of unbranched alkanes of at least 4 members (excludes halogenated alkanes) is 2. The van der Waals surface area contributed by atoms with Gasteiger partial charge in [-0.2, -0.15) is 0 Å². The van der Waals surface area contributed by atoms with Gasteiger partial charge in [0.05, 0.1) is 6.10 Å². The molecule has 1 fully saturated rings. The van der Waals surface area contributed by atoms with Crippen LogP contribution in [0.4, 0.5) is 0 Å². The molecule has 0 spiro atoms. The fourth-order valence-corrected chi connectivity index (χ4v) is 2.66. The molecule has 1 aliphatic rings. The summed E-state index contributed by atoms with van der Waals surface area (Å²) in [5.41, 5.74) is 0. The van der Waals surface area contributed by atoms with Gasteiger partial charge in [0.25, 0.3) is 0 Å². The van der Waals surface area contributed by atoms with E-state index < -0.39 is 5.97 Å². The monoisotopic (exact) mass is 214 g/mol. The minimum Gasteiger partial charge on any atom is -0.481 e. The summed E-state index contributed by atoms with van der Waals surface area (Å²) in [6.45, 7) is 2.15. The third-order valence-electron chi connectivity index (χ3n) is 3.51. The van der Waals surface area contributed by atoms with E-state index in [1.165, 1.54) is 12.8 Å². The SMILES string of the molecule is CCCCC[C@@H]1[C@@H](CC(=O)O)CC[C@H]1O. The van der Waals surface area contributed by atoms with Gasteiger partial charge in [0.15, 0.2) is 0 Å². The molecule has 0 unspecified atom stereocenters. The minimum atomic E-state index is -0.727. The maximum atomic E-state index is 10.7. The van der Waals surface area contributed by atoms with E-state index >= 15 is 0 Å². The van der Waals surface area contributed by atoms with E-state index in [-0.39, 0.29) is 24.4 Å². The van der Waals surface area contributed by atoms with Gasteiger partial charge in [-0.25, -0.2) is 0 Å². The molecule has 3 atom stereocenters. The van der Waals surface area contributed by atoms with Crippen molar-refractivity contribution in [1.29, 1.82) is 0 Å². The van der Waals surface area contributed by atoms with Crippen LogP contribution in [0.3, 0.4) is 0 Å². The van der Waals surface area contributed by atoms with Crippen LogP contribution in [-0.2, 0) is 4.79 Å². The molecule has 2 N–H and O–H groups in total. The van der Waals surface area contributed by atoms with Crippen LogP contribution in [0.15, 0.2) is 0 Å². The molecule has 0 aromatic heterocycles. The molecule has 0 aromatic carbocycles. The van der Waals surface area contributed by atoms with Gasteiger partial charge in [-0.05, 0) is 31.1 Å². The Balaban J connectivity index is 2.38. The third kappa shape index (κ3) is 3.82. The van der Waals surface area contributed by atoms with E-state index in [1.54, 1.807) is 0 Å². The smallest absolute Gasteiger partial charge is 0.303 e. The molecule has 0 amide bonds. The molecule has 88 valence electrons. The zero-order chi connectivity index (χ0) is 11.3. The molecule has 1 rings (SSSR count). The molecule has 0 saturated heterocycles. The number of carboxylic acids is 1. The molecule has 0 heterocycles. The summed E-state index contributed by atoms with van der Waals surface area (Å²) in [5.74, 6) is -0.295. The van der Waals surface area contributed by atoms with Gasteiger partial charge in [-0.1, -0.05) is 26.2 Å². The van der Waals surface area contributed by atoms with Crippen LogP contribution in [0.2, 0.25) is 0 Å². The molecule has 0 bridgehead atoms. The van der Waals surface area contributed by atoms with Crippen LogP contribution in [-0.4, -0.2) is 22.3 Å². The van der Waals surface area contributed by atoms with Gasteiger partial charge >= 0.3 is 5.97 Å². The van der Waals surface area contributed by atoms with Crippen molar-refractivity contribution < 1.29 is 15.0 Å². The van der Waals surface area contributed by atoms with Gasteiger partial charge in [-0.3, -0.25) is 4.79 Å². The van der Waals surface area contributed by atoms with Crippen molar-refractivity contribution in [1.82, 2.24) is 0 Å². The molecular formula is C12H22O3. The topological polar surface area (TPSA) is 57.5 Å². The first-order chi connectivity index (χ1) is 7.15. The van der Waals surface area contributed by atoms with Crippen LogP contribution in [0, 0.1) is 11.8 Å². The molecule has 3 heteroatoms. The highest BCUT2D eigenvalue weighted by Crippen LogP contribution is 2.37. The quantitative estimate of drug-likeness (QED) is 0.668. The lowest BCUT2D eigenvalue weighted by atomic mass is 9.87. The standard InChI is InChI=1S/C12H22O3/c1-2-3-4-5-10-9(8-12(14)15)6-7-11(10)13/h9-11,13H,2-8H2,1H3,(H,14,15)/t9-,10-,11-/m1/s1. The summed E-state index contributed by atoms with van der Waals surface area (Å²) >= 11 is 0. The summed E-state index contributed by atoms with van der Waals surface area (Å²) in [5, 5.41) is 18.5. The predicted molar refractivity (Wildman–Crippen MR) is 58.6 cm³/mol. The van der Waals surface area contributed by atoms with Gasteiger partial charge in [0.1, 0.15) is 0 Å². The Morgan fingerprint density at radius 2 is 2.07 bits per heavy atom. The van der Waals surface area contributed by atoms with Crippen molar-refractivity contribution in [3.63, 3.8) is 0 Å². The second kappa shape index (κ2) is 6.11. The largest absolute Gasteiger partial charge is 0.481 e. The van der Waals surface area contributed by atoms with Crippen LogP contribution >= 0.6 is 0 Å². The lowest BCUT2D eigenvalue weighted by Gasteiger charge is -2.20. The van der Waals surface area contributed by atoms with Gasteiger partial charge in [0, 0.05) is 6.42 Å². The normalized spacial score (nSPS) is 30.7.